The van der Waals surface area contributed by atoms with Crippen LogP contribution in [0.15, 0.2) is 24.4 Å². The van der Waals surface area contributed by atoms with E-state index >= 15 is 0 Å². The molecule has 11 heteroatoms. The van der Waals surface area contributed by atoms with Crippen molar-refractivity contribution < 1.29 is 22.7 Å². The Bertz CT molecular complexity index is 860. The molecule has 3 rings (SSSR count). The lowest BCUT2D eigenvalue weighted by Gasteiger charge is -2.25. The summed E-state index contributed by atoms with van der Waals surface area (Å²) in [5.74, 6) is -1.17. The molecule has 0 aliphatic heterocycles. The van der Waals surface area contributed by atoms with Crippen LogP contribution in [0.5, 0.6) is 5.75 Å². The number of nitrogens with one attached hydrogen (secondary N) is 2. The van der Waals surface area contributed by atoms with Gasteiger partial charge in [0.05, 0.1) is 16.9 Å². The first kappa shape index (κ1) is 19.5. The van der Waals surface area contributed by atoms with Crippen LogP contribution in [0.1, 0.15) is 25.0 Å². The van der Waals surface area contributed by atoms with Gasteiger partial charge in [-0.1, -0.05) is 23.2 Å². The van der Waals surface area contributed by atoms with Gasteiger partial charge in [0.1, 0.15) is 0 Å². The van der Waals surface area contributed by atoms with E-state index in [0.29, 0.717) is 5.02 Å². The highest BCUT2D eigenvalue weighted by molar-refractivity contribution is 6.35. The first-order valence-corrected chi connectivity index (χ1v) is 8.62. The topological polar surface area (TPSA) is 76.1 Å². The summed E-state index contributed by atoms with van der Waals surface area (Å²) in [6.07, 6.45) is -2.58. The van der Waals surface area contributed by atoms with Gasteiger partial charge < -0.3 is 15.4 Å². The molecule has 27 heavy (non-hydrogen) atoms. The number of amides is 1. The fourth-order valence-corrected chi connectivity index (χ4v) is 2.61. The first-order chi connectivity index (χ1) is 12.7. The van der Waals surface area contributed by atoms with E-state index in [9.17, 15) is 18.0 Å². The largest absolute Gasteiger partial charge is 0.437 e. The number of hydrogen-bond donors (Lipinski definition) is 2. The predicted octanol–water partition coefficient (Wildman–Crippen LogP) is 5.19. The zero-order valence-corrected chi connectivity index (χ0v) is 15.1. The monoisotopic (exact) mass is 420 g/mol. The minimum absolute atomic E-state index is 0.0846. The van der Waals surface area contributed by atoms with E-state index in [0.717, 1.165) is 25.5 Å². The smallest absolute Gasteiger partial charge is 0.406 e. The second-order valence-corrected chi connectivity index (χ2v) is 6.66. The van der Waals surface area contributed by atoms with Gasteiger partial charge in [-0.3, -0.25) is 0 Å². The molecule has 0 unspecified atom stereocenters. The number of rotatable bonds is 4. The van der Waals surface area contributed by atoms with Gasteiger partial charge in [-0.15, -0.1) is 0 Å². The van der Waals surface area contributed by atoms with E-state index in [4.69, 9.17) is 27.9 Å². The van der Waals surface area contributed by atoms with Crippen LogP contribution in [0, 0.1) is 0 Å². The molecule has 0 radical (unpaired) electrons. The second kappa shape index (κ2) is 7.77. The molecule has 1 saturated carbocycles. The van der Waals surface area contributed by atoms with E-state index in [1.54, 1.807) is 0 Å². The fourth-order valence-electron chi connectivity index (χ4n) is 2.27. The Labute approximate surface area is 162 Å². The molecule has 2 aromatic rings. The Morgan fingerprint density at radius 2 is 2.00 bits per heavy atom. The van der Waals surface area contributed by atoms with Gasteiger partial charge in [0.2, 0.25) is 5.95 Å². The van der Waals surface area contributed by atoms with Gasteiger partial charge in [0, 0.05) is 11.1 Å². The molecule has 0 spiro atoms. The van der Waals surface area contributed by atoms with Crippen molar-refractivity contribution in [2.75, 3.05) is 5.32 Å². The first-order valence-electron chi connectivity index (χ1n) is 7.87. The molecule has 0 saturated heterocycles. The summed E-state index contributed by atoms with van der Waals surface area (Å²) in [7, 11) is 0. The molecular weight excluding hydrogens is 408 g/mol. The number of carbonyl (C=O) groups excluding carboxylic acids is 1. The Hall–Kier alpha value is -2.26. The second-order valence-electron chi connectivity index (χ2n) is 5.82. The van der Waals surface area contributed by atoms with Crippen LogP contribution in [-0.2, 0) is 6.18 Å². The molecule has 1 aliphatic carbocycles. The van der Waals surface area contributed by atoms with Crippen LogP contribution >= 0.6 is 23.2 Å². The minimum Gasteiger partial charge on any atom is -0.406 e. The molecule has 1 fully saturated rings. The van der Waals surface area contributed by atoms with Crippen molar-refractivity contribution >= 4 is 40.9 Å². The normalized spacial score (nSPS) is 14.4. The van der Waals surface area contributed by atoms with Crippen LogP contribution in [0.2, 0.25) is 10.0 Å². The number of aromatic nitrogens is 2. The number of alkyl halides is 3. The zero-order valence-electron chi connectivity index (χ0n) is 13.6. The summed E-state index contributed by atoms with van der Waals surface area (Å²) in [5, 5.41) is 5.59. The maximum atomic E-state index is 13.3. The predicted molar refractivity (Wildman–Crippen MR) is 93.6 cm³/mol. The van der Waals surface area contributed by atoms with E-state index in [1.807, 2.05) is 0 Å². The molecule has 1 amide bonds. The van der Waals surface area contributed by atoms with Crippen LogP contribution in [-0.4, -0.2) is 22.1 Å². The molecular formula is C16H13Cl2F3N4O2. The maximum Gasteiger partial charge on any atom is 0.437 e. The molecule has 6 nitrogen and oxygen atoms in total. The summed E-state index contributed by atoms with van der Waals surface area (Å²) < 4.78 is 44.7. The Morgan fingerprint density at radius 3 is 2.63 bits per heavy atom. The highest BCUT2D eigenvalue weighted by atomic mass is 35.5. The standard InChI is InChI=1S/C16H13Cl2F3N4O2/c17-8-4-5-10(18)11(6-8)24-14-22-7-12(13(25-14)16(19,20)21)27-15(26)23-9-2-1-3-9/h4-7,9H,1-3H2,(H,23,26)(H,22,24,25). The molecule has 0 bridgehead atoms. The average Bonchev–Trinajstić information content (AvgIpc) is 2.55. The number of ether oxygens (including phenoxy) is 1. The van der Waals surface area contributed by atoms with Crippen molar-refractivity contribution in [3.63, 3.8) is 0 Å². The lowest BCUT2D eigenvalue weighted by atomic mass is 9.93. The lowest BCUT2D eigenvalue weighted by Crippen LogP contribution is -2.41. The van der Waals surface area contributed by atoms with Crippen molar-refractivity contribution in [1.29, 1.82) is 0 Å². The van der Waals surface area contributed by atoms with Crippen LogP contribution in [0.4, 0.5) is 29.6 Å². The number of benzene rings is 1. The van der Waals surface area contributed by atoms with E-state index in [2.05, 4.69) is 20.6 Å². The third kappa shape index (κ3) is 4.92. The number of anilines is 2. The van der Waals surface area contributed by atoms with Crippen molar-refractivity contribution in [2.45, 2.75) is 31.5 Å². The third-order valence-corrected chi connectivity index (χ3v) is 4.39. The van der Waals surface area contributed by atoms with Gasteiger partial charge in [-0.2, -0.15) is 13.2 Å². The number of hydrogen-bond acceptors (Lipinski definition) is 5. The Kier molecular flexibility index (Phi) is 5.61. The van der Waals surface area contributed by atoms with E-state index in [-0.39, 0.29) is 22.7 Å². The SMILES string of the molecule is O=C(NC1CCC1)Oc1cnc(Nc2cc(Cl)ccc2Cl)nc1C(F)(F)F. The van der Waals surface area contributed by atoms with E-state index in [1.165, 1.54) is 18.2 Å². The maximum absolute atomic E-state index is 13.3. The molecule has 1 aromatic carbocycles. The molecule has 2 N–H and O–H groups in total. The number of halogens is 5. The van der Waals surface area contributed by atoms with Crippen molar-refractivity contribution in [1.82, 2.24) is 15.3 Å². The highest BCUT2D eigenvalue weighted by Gasteiger charge is 2.38. The summed E-state index contributed by atoms with van der Waals surface area (Å²) >= 11 is 11.8. The van der Waals surface area contributed by atoms with Gasteiger partial charge in [0.25, 0.3) is 0 Å². The quantitative estimate of drug-likeness (QED) is 0.711. The highest BCUT2D eigenvalue weighted by Crippen LogP contribution is 2.36. The van der Waals surface area contributed by atoms with Crippen molar-refractivity contribution in [2.24, 2.45) is 0 Å². The third-order valence-electron chi connectivity index (χ3n) is 3.83. The summed E-state index contributed by atoms with van der Waals surface area (Å²) in [6.45, 7) is 0. The van der Waals surface area contributed by atoms with Crippen LogP contribution < -0.4 is 15.4 Å². The fraction of sp³-hybridized carbons (Fsp3) is 0.312. The summed E-state index contributed by atoms with van der Waals surface area (Å²) in [4.78, 5) is 18.9. The number of nitrogens with zero attached hydrogens (tertiary/aromatic N) is 2. The Morgan fingerprint density at radius 1 is 1.26 bits per heavy atom. The van der Waals surface area contributed by atoms with Crippen LogP contribution in [0.25, 0.3) is 0 Å². The minimum atomic E-state index is -4.86. The van der Waals surface area contributed by atoms with Gasteiger partial charge in [0.15, 0.2) is 11.4 Å². The lowest BCUT2D eigenvalue weighted by molar-refractivity contribution is -0.142. The molecule has 1 aromatic heterocycles. The summed E-state index contributed by atoms with van der Waals surface area (Å²) in [5.41, 5.74) is -1.16. The van der Waals surface area contributed by atoms with Crippen molar-refractivity contribution in [3.8, 4) is 5.75 Å². The molecule has 0 atom stereocenters. The molecule has 1 aliphatic rings. The van der Waals surface area contributed by atoms with Gasteiger partial charge in [-0.25, -0.2) is 14.8 Å². The Balaban J connectivity index is 1.83. The van der Waals surface area contributed by atoms with Gasteiger partial charge >= 0.3 is 12.3 Å². The van der Waals surface area contributed by atoms with E-state index < -0.39 is 23.7 Å². The average molecular weight is 421 g/mol. The molecule has 1 heterocycles. The van der Waals surface area contributed by atoms with Crippen molar-refractivity contribution in [3.05, 3.63) is 40.1 Å². The molecule has 144 valence electrons. The van der Waals surface area contributed by atoms with Crippen LogP contribution in [0.3, 0.4) is 0 Å². The summed E-state index contributed by atoms with van der Waals surface area (Å²) in [6, 6.07) is 4.32. The zero-order chi connectivity index (χ0) is 19.6. The number of carbonyl (C=O) groups is 1. The van der Waals surface area contributed by atoms with Gasteiger partial charge in [-0.05, 0) is 37.5 Å².